The number of methoxy groups -OCH3 is 3. The second-order valence-corrected chi connectivity index (χ2v) is 10.4. The maximum atomic E-state index is 11.0. The number of aromatic nitrogens is 1. The Hall–Kier alpha value is -3.85. The number of aliphatic hydroxyl groups excluding tert-OH is 1. The lowest BCUT2D eigenvalue weighted by molar-refractivity contribution is -0.127. The van der Waals surface area contributed by atoms with Crippen molar-refractivity contribution in [1.29, 1.82) is 0 Å². The summed E-state index contributed by atoms with van der Waals surface area (Å²) >= 11 is 0. The third-order valence-electron chi connectivity index (χ3n) is 7.47. The Morgan fingerprint density at radius 1 is 0.805 bits per heavy atom. The maximum absolute atomic E-state index is 11.0. The molecule has 0 saturated carbocycles. The standard InChI is InChI=1S/C33H38N2O6/c1-37-27-12-10-25(11-13-27)32-19-26(34-41-32)18-30-14-15-31(36)33(40-30)22-35(20-23-6-4-8-28(16-23)38-2)21-24-7-5-9-29(17-24)39-3/h4-13,16-17,19,30-31,33,36H,14-15,18,20-22H2,1-3H3/t30-,31-,33+/m0/s1. The van der Waals surface area contributed by atoms with Crippen LogP contribution in [0.3, 0.4) is 0 Å². The molecule has 1 aromatic heterocycles. The number of benzene rings is 3. The van der Waals surface area contributed by atoms with E-state index < -0.39 is 6.10 Å². The molecule has 0 amide bonds. The summed E-state index contributed by atoms with van der Waals surface area (Å²) in [6.45, 7) is 1.93. The summed E-state index contributed by atoms with van der Waals surface area (Å²) in [5.74, 6) is 3.14. The van der Waals surface area contributed by atoms with Gasteiger partial charge in [0.2, 0.25) is 0 Å². The van der Waals surface area contributed by atoms with Crippen molar-refractivity contribution in [3.63, 3.8) is 0 Å². The van der Waals surface area contributed by atoms with Crippen molar-refractivity contribution in [2.24, 2.45) is 0 Å². The van der Waals surface area contributed by atoms with Crippen molar-refractivity contribution in [2.75, 3.05) is 27.9 Å². The van der Waals surface area contributed by atoms with Crippen molar-refractivity contribution in [3.8, 4) is 28.6 Å². The molecule has 1 saturated heterocycles. The average molecular weight is 559 g/mol. The fourth-order valence-electron chi connectivity index (χ4n) is 5.29. The van der Waals surface area contributed by atoms with Gasteiger partial charge in [0.25, 0.3) is 0 Å². The fraction of sp³-hybridized carbons (Fsp3) is 0.364. The van der Waals surface area contributed by atoms with Crippen LogP contribution in [0.25, 0.3) is 11.3 Å². The third kappa shape index (κ3) is 7.67. The molecule has 2 heterocycles. The van der Waals surface area contributed by atoms with Gasteiger partial charge in [-0.15, -0.1) is 0 Å². The number of hydrogen-bond donors (Lipinski definition) is 1. The maximum Gasteiger partial charge on any atom is 0.167 e. The molecule has 8 heteroatoms. The van der Waals surface area contributed by atoms with E-state index in [0.29, 0.717) is 38.2 Å². The van der Waals surface area contributed by atoms with Crippen LogP contribution in [0, 0.1) is 0 Å². The lowest BCUT2D eigenvalue weighted by Crippen LogP contribution is -2.46. The van der Waals surface area contributed by atoms with Crippen LogP contribution in [0.15, 0.2) is 83.4 Å². The Morgan fingerprint density at radius 3 is 2.05 bits per heavy atom. The number of rotatable bonds is 12. The molecular formula is C33H38N2O6. The lowest BCUT2D eigenvalue weighted by atomic mass is 9.97. The average Bonchev–Trinajstić information content (AvgIpc) is 3.47. The van der Waals surface area contributed by atoms with Crippen LogP contribution >= 0.6 is 0 Å². The molecule has 1 N–H and O–H groups in total. The minimum Gasteiger partial charge on any atom is -0.497 e. The molecular weight excluding hydrogens is 520 g/mol. The smallest absolute Gasteiger partial charge is 0.167 e. The largest absolute Gasteiger partial charge is 0.497 e. The van der Waals surface area contributed by atoms with Crippen molar-refractivity contribution in [2.45, 2.75) is 50.7 Å². The van der Waals surface area contributed by atoms with Gasteiger partial charge < -0.3 is 28.6 Å². The normalized spacial score (nSPS) is 18.8. The number of hydrogen-bond acceptors (Lipinski definition) is 8. The highest BCUT2D eigenvalue weighted by Gasteiger charge is 2.32. The topological polar surface area (TPSA) is 86.4 Å². The van der Waals surface area contributed by atoms with Crippen molar-refractivity contribution in [1.82, 2.24) is 10.1 Å². The highest BCUT2D eigenvalue weighted by atomic mass is 16.5. The van der Waals surface area contributed by atoms with Gasteiger partial charge in [0, 0.05) is 37.7 Å². The molecule has 0 aliphatic carbocycles. The number of ether oxygens (including phenoxy) is 4. The SMILES string of the molecule is COc1ccc(-c2cc(C[C@@H]3CC[C@H](O)[C@@H](CN(Cc4cccc(OC)c4)Cc4cccc(OC)c4)O3)no2)cc1. The molecule has 0 spiro atoms. The van der Waals surface area contributed by atoms with Crippen LogP contribution in [0.5, 0.6) is 17.2 Å². The Kier molecular flexibility index (Phi) is 9.56. The molecule has 5 rings (SSSR count). The van der Waals surface area contributed by atoms with Crippen molar-refractivity contribution >= 4 is 0 Å². The van der Waals surface area contributed by atoms with Gasteiger partial charge in [-0.2, -0.15) is 0 Å². The predicted molar refractivity (Wildman–Crippen MR) is 156 cm³/mol. The molecule has 0 unspecified atom stereocenters. The zero-order valence-corrected chi connectivity index (χ0v) is 23.9. The minimum absolute atomic E-state index is 0.0623. The molecule has 41 heavy (non-hydrogen) atoms. The minimum atomic E-state index is -0.545. The van der Waals surface area contributed by atoms with Crippen LogP contribution in [-0.2, 0) is 24.2 Å². The fourth-order valence-corrected chi connectivity index (χ4v) is 5.29. The monoisotopic (exact) mass is 558 g/mol. The Labute approximate surface area is 241 Å². The van der Waals surface area contributed by atoms with Crippen LogP contribution < -0.4 is 14.2 Å². The van der Waals surface area contributed by atoms with E-state index in [1.165, 1.54) is 0 Å². The quantitative estimate of drug-likeness (QED) is 0.243. The molecule has 3 aromatic carbocycles. The highest BCUT2D eigenvalue weighted by Crippen LogP contribution is 2.28. The molecule has 8 nitrogen and oxygen atoms in total. The molecule has 216 valence electrons. The Bertz CT molecular complexity index is 1340. The Balaban J connectivity index is 1.27. The highest BCUT2D eigenvalue weighted by molar-refractivity contribution is 5.58. The van der Waals surface area contributed by atoms with Crippen molar-refractivity contribution in [3.05, 3.63) is 95.7 Å². The van der Waals surface area contributed by atoms with Crippen LogP contribution in [0.4, 0.5) is 0 Å². The summed E-state index contributed by atoms with van der Waals surface area (Å²) in [5, 5.41) is 15.3. The number of aliphatic hydroxyl groups is 1. The second kappa shape index (κ2) is 13.7. The van der Waals surface area contributed by atoms with E-state index in [1.54, 1.807) is 21.3 Å². The van der Waals surface area contributed by atoms with Crippen molar-refractivity contribution < 1.29 is 28.6 Å². The molecule has 0 bridgehead atoms. The van der Waals surface area contributed by atoms with E-state index in [1.807, 2.05) is 66.7 Å². The Morgan fingerprint density at radius 2 is 1.44 bits per heavy atom. The van der Waals surface area contributed by atoms with Gasteiger partial charge in [-0.25, -0.2) is 0 Å². The van der Waals surface area contributed by atoms with E-state index in [-0.39, 0.29) is 12.2 Å². The summed E-state index contributed by atoms with van der Waals surface area (Å²) in [4.78, 5) is 2.30. The molecule has 0 radical (unpaired) electrons. The predicted octanol–water partition coefficient (Wildman–Crippen LogP) is 5.52. The first-order valence-electron chi connectivity index (χ1n) is 13.9. The summed E-state index contributed by atoms with van der Waals surface area (Å²) < 4.78 is 28.3. The first-order chi connectivity index (χ1) is 20.0. The first-order valence-corrected chi connectivity index (χ1v) is 13.9. The van der Waals surface area contributed by atoms with E-state index >= 15 is 0 Å². The van der Waals surface area contributed by atoms with Gasteiger partial charge in [0.1, 0.15) is 17.2 Å². The molecule has 1 fully saturated rings. The summed E-state index contributed by atoms with van der Waals surface area (Å²) in [5.41, 5.74) is 4.03. The van der Waals surface area contributed by atoms with Crippen LogP contribution in [0.1, 0.15) is 29.7 Å². The summed E-state index contributed by atoms with van der Waals surface area (Å²) in [6.07, 6.45) is 1.11. The molecule has 1 aliphatic rings. The van der Waals surface area contributed by atoms with Gasteiger partial charge in [-0.1, -0.05) is 29.4 Å². The van der Waals surface area contributed by atoms with Gasteiger partial charge in [-0.3, -0.25) is 4.90 Å². The summed E-state index contributed by atoms with van der Waals surface area (Å²) in [7, 11) is 5.00. The van der Waals surface area contributed by atoms with E-state index in [4.69, 9.17) is 23.5 Å². The first kappa shape index (κ1) is 28.7. The summed E-state index contributed by atoms with van der Waals surface area (Å²) in [6, 6.07) is 25.8. The van der Waals surface area contributed by atoms with Gasteiger partial charge in [-0.05, 0) is 72.5 Å². The van der Waals surface area contributed by atoms with E-state index in [2.05, 4.69) is 22.2 Å². The second-order valence-electron chi connectivity index (χ2n) is 10.4. The number of nitrogens with zero attached hydrogens (tertiary/aromatic N) is 2. The zero-order valence-electron chi connectivity index (χ0n) is 23.9. The molecule has 3 atom stereocenters. The third-order valence-corrected chi connectivity index (χ3v) is 7.47. The molecule has 4 aromatic rings. The van der Waals surface area contributed by atoms with Crippen LogP contribution in [0.2, 0.25) is 0 Å². The van der Waals surface area contributed by atoms with E-state index in [9.17, 15) is 5.11 Å². The van der Waals surface area contributed by atoms with Gasteiger partial charge >= 0.3 is 0 Å². The van der Waals surface area contributed by atoms with Crippen LogP contribution in [-0.4, -0.2) is 61.3 Å². The lowest BCUT2D eigenvalue weighted by Gasteiger charge is -2.37. The molecule has 1 aliphatic heterocycles. The van der Waals surface area contributed by atoms with Gasteiger partial charge in [0.05, 0.1) is 45.3 Å². The zero-order chi connectivity index (χ0) is 28.6. The van der Waals surface area contributed by atoms with Gasteiger partial charge in [0.15, 0.2) is 5.76 Å². The van der Waals surface area contributed by atoms with E-state index in [0.717, 1.165) is 46.1 Å².